The van der Waals surface area contributed by atoms with E-state index >= 15 is 0 Å². The van der Waals surface area contributed by atoms with Crippen molar-refractivity contribution in [2.24, 2.45) is 5.16 Å². The number of hydrogen-bond donors (Lipinski definition) is 0. The third kappa shape index (κ3) is 6.51. The van der Waals surface area contributed by atoms with E-state index in [2.05, 4.69) is 5.16 Å². The highest BCUT2D eigenvalue weighted by molar-refractivity contribution is 5.99. The molecule has 0 amide bonds. The lowest BCUT2D eigenvalue weighted by Gasteiger charge is -2.14. The molecule has 1 aromatic heterocycles. The summed E-state index contributed by atoms with van der Waals surface area (Å²) < 4.78 is 17.0. The monoisotopic (exact) mass is 373 g/mol. The Labute approximate surface area is 162 Å². The van der Waals surface area contributed by atoms with E-state index in [1.165, 1.54) is 7.11 Å². The first-order chi connectivity index (χ1) is 13.1. The first-order valence-corrected chi connectivity index (χ1v) is 9.18. The van der Waals surface area contributed by atoms with Gasteiger partial charge in [-0.2, -0.15) is 0 Å². The van der Waals surface area contributed by atoms with Gasteiger partial charge in [-0.15, -0.1) is 0 Å². The number of ether oxygens (including phenoxy) is 2. The van der Waals surface area contributed by atoms with Crippen LogP contribution < -0.4 is 9.47 Å². The zero-order valence-electron chi connectivity index (χ0n) is 17.5. The van der Waals surface area contributed by atoms with Crippen LogP contribution in [0.2, 0.25) is 0 Å². The number of oxime groups is 1. The van der Waals surface area contributed by atoms with Crippen LogP contribution in [0.4, 0.5) is 0 Å². The number of furan rings is 1. The van der Waals surface area contributed by atoms with Crippen molar-refractivity contribution in [3.05, 3.63) is 59.1 Å². The third-order valence-corrected chi connectivity index (χ3v) is 3.75. The second-order valence-electron chi connectivity index (χ2n) is 5.72. The normalized spacial score (nSPS) is 11.1. The van der Waals surface area contributed by atoms with Gasteiger partial charge in [0.2, 0.25) is 0 Å². The van der Waals surface area contributed by atoms with Crippen LogP contribution in [-0.4, -0.2) is 19.4 Å². The SMILES string of the molecule is C/C=C/COc1cc(C)c(OCc2cocc2C(C)=NOC)c(C)c1.CC. The molecule has 2 aromatic rings. The fourth-order valence-electron chi connectivity index (χ4n) is 2.55. The number of rotatable bonds is 8. The Balaban J connectivity index is 0.00000176. The molecule has 1 heterocycles. The minimum absolute atomic E-state index is 0.392. The van der Waals surface area contributed by atoms with Gasteiger partial charge in [0, 0.05) is 11.1 Å². The van der Waals surface area contributed by atoms with Gasteiger partial charge in [0.05, 0.1) is 18.2 Å². The quantitative estimate of drug-likeness (QED) is 0.332. The molecule has 0 spiro atoms. The molecule has 0 unspecified atom stereocenters. The van der Waals surface area contributed by atoms with Crippen LogP contribution in [0.3, 0.4) is 0 Å². The van der Waals surface area contributed by atoms with E-state index in [1.807, 2.05) is 65.8 Å². The largest absolute Gasteiger partial charge is 0.490 e. The number of aryl methyl sites for hydroxylation is 2. The van der Waals surface area contributed by atoms with Crippen LogP contribution in [0, 0.1) is 13.8 Å². The van der Waals surface area contributed by atoms with E-state index in [4.69, 9.17) is 18.7 Å². The highest BCUT2D eigenvalue weighted by Gasteiger charge is 2.12. The Morgan fingerprint density at radius 3 is 2.37 bits per heavy atom. The molecule has 2 rings (SSSR count). The fourth-order valence-corrected chi connectivity index (χ4v) is 2.55. The summed E-state index contributed by atoms with van der Waals surface area (Å²) >= 11 is 0. The van der Waals surface area contributed by atoms with Crippen molar-refractivity contribution in [1.29, 1.82) is 0 Å². The summed E-state index contributed by atoms with van der Waals surface area (Å²) in [6, 6.07) is 3.97. The third-order valence-electron chi connectivity index (χ3n) is 3.75. The Kier molecular flexibility index (Phi) is 9.80. The Bertz CT molecular complexity index is 736. The van der Waals surface area contributed by atoms with Gasteiger partial charge in [0.15, 0.2) is 0 Å². The van der Waals surface area contributed by atoms with Crippen LogP contribution in [0.15, 0.2) is 46.4 Å². The predicted octanol–water partition coefficient (Wildman–Crippen LogP) is 5.83. The van der Waals surface area contributed by atoms with Crippen LogP contribution >= 0.6 is 0 Å². The molecule has 0 aliphatic carbocycles. The van der Waals surface area contributed by atoms with E-state index in [-0.39, 0.29) is 0 Å². The average Bonchev–Trinajstić information content (AvgIpc) is 3.12. The number of nitrogens with zero attached hydrogens (tertiary/aromatic N) is 1. The van der Waals surface area contributed by atoms with E-state index in [0.29, 0.717) is 13.2 Å². The molecule has 5 nitrogen and oxygen atoms in total. The van der Waals surface area contributed by atoms with Gasteiger partial charge in [0.1, 0.15) is 31.8 Å². The zero-order valence-corrected chi connectivity index (χ0v) is 17.5. The Morgan fingerprint density at radius 2 is 1.78 bits per heavy atom. The van der Waals surface area contributed by atoms with Crippen molar-refractivity contribution in [2.75, 3.05) is 13.7 Å². The van der Waals surface area contributed by atoms with Crippen LogP contribution in [0.5, 0.6) is 11.5 Å². The molecular weight excluding hydrogens is 342 g/mol. The number of hydrogen-bond acceptors (Lipinski definition) is 5. The minimum Gasteiger partial charge on any atom is -0.490 e. The van der Waals surface area contributed by atoms with Crippen molar-refractivity contribution in [3.8, 4) is 11.5 Å². The molecular formula is C22H31NO4. The smallest absolute Gasteiger partial charge is 0.125 e. The summed E-state index contributed by atoms with van der Waals surface area (Å²) in [4.78, 5) is 4.82. The lowest BCUT2D eigenvalue weighted by Crippen LogP contribution is -2.04. The maximum Gasteiger partial charge on any atom is 0.125 e. The minimum atomic E-state index is 0.392. The summed E-state index contributed by atoms with van der Waals surface area (Å²) in [6.07, 6.45) is 7.26. The summed E-state index contributed by atoms with van der Waals surface area (Å²) in [5.74, 6) is 1.69. The summed E-state index contributed by atoms with van der Waals surface area (Å²) in [7, 11) is 1.52. The molecule has 5 heteroatoms. The molecule has 1 aromatic carbocycles. The fraction of sp³-hybridized carbons (Fsp3) is 0.409. The van der Waals surface area contributed by atoms with Gasteiger partial charge in [-0.05, 0) is 51.0 Å². The first-order valence-electron chi connectivity index (χ1n) is 9.18. The van der Waals surface area contributed by atoms with Gasteiger partial charge in [-0.25, -0.2) is 0 Å². The van der Waals surface area contributed by atoms with Gasteiger partial charge in [-0.1, -0.05) is 31.2 Å². The molecule has 27 heavy (non-hydrogen) atoms. The number of benzene rings is 1. The molecule has 0 saturated carbocycles. The highest BCUT2D eigenvalue weighted by Crippen LogP contribution is 2.29. The standard InChI is InChI=1S/C20H25NO4.C2H6/c1-6-7-8-24-18-9-14(2)20(15(3)10-18)25-12-17-11-23-13-19(17)16(4)21-22-5;1-2/h6-7,9-11,13H,8,12H2,1-5H3;1-2H3/b7-6+,21-16?;. The van der Waals surface area contributed by atoms with Crippen molar-refractivity contribution >= 4 is 5.71 Å². The van der Waals surface area contributed by atoms with Crippen LogP contribution in [-0.2, 0) is 11.4 Å². The van der Waals surface area contributed by atoms with Crippen molar-refractivity contribution in [1.82, 2.24) is 0 Å². The second kappa shape index (κ2) is 11.8. The molecule has 0 fully saturated rings. The molecule has 0 saturated heterocycles. The van der Waals surface area contributed by atoms with E-state index < -0.39 is 0 Å². The van der Waals surface area contributed by atoms with Crippen molar-refractivity contribution in [2.45, 2.75) is 48.1 Å². The number of allylic oxidation sites excluding steroid dienone is 1. The molecule has 0 aliphatic rings. The van der Waals surface area contributed by atoms with Gasteiger partial charge in [0.25, 0.3) is 0 Å². The van der Waals surface area contributed by atoms with Crippen LogP contribution in [0.25, 0.3) is 0 Å². The molecule has 0 atom stereocenters. The summed E-state index contributed by atoms with van der Waals surface area (Å²) in [6.45, 7) is 12.8. The Morgan fingerprint density at radius 1 is 1.11 bits per heavy atom. The Hall–Kier alpha value is -2.69. The van der Waals surface area contributed by atoms with E-state index in [1.54, 1.807) is 12.5 Å². The van der Waals surface area contributed by atoms with E-state index in [9.17, 15) is 0 Å². The van der Waals surface area contributed by atoms with Crippen molar-refractivity contribution < 1.29 is 18.7 Å². The van der Waals surface area contributed by atoms with Gasteiger partial charge >= 0.3 is 0 Å². The maximum atomic E-state index is 6.04. The molecule has 0 bridgehead atoms. The molecule has 0 aliphatic heterocycles. The average molecular weight is 373 g/mol. The van der Waals surface area contributed by atoms with E-state index in [0.717, 1.165) is 39.5 Å². The molecule has 0 radical (unpaired) electrons. The summed E-state index contributed by atoms with van der Waals surface area (Å²) in [5, 5.41) is 3.94. The summed E-state index contributed by atoms with van der Waals surface area (Å²) in [5.41, 5.74) is 4.61. The lowest BCUT2D eigenvalue weighted by molar-refractivity contribution is 0.213. The molecule has 0 N–H and O–H groups in total. The molecule has 148 valence electrons. The maximum absolute atomic E-state index is 6.04. The second-order valence-corrected chi connectivity index (χ2v) is 5.72. The van der Waals surface area contributed by atoms with Crippen molar-refractivity contribution in [3.63, 3.8) is 0 Å². The highest BCUT2D eigenvalue weighted by atomic mass is 16.6. The lowest BCUT2D eigenvalue weighted by atomic mass is 10.1. The topological polar surface area (TPSA) is 53.2 Å². The predicted molar refractivity (Wildman–Crippen MR) is 110 cm³/mol. The van der Waals surface area contributed by atoms with Crippen LogP contribution in [0.1, 0.15) is 49.9 Å². The first kappa shape index (κ1) is 22.4. The van der Waals surface area contributed by atoms with Gasteiger partial charge < -0.3 is 18.7 Å². The zero-order chi connectivity index (χ0) is 20.2. The van der Waals surface area contributed by atoms with Gasteiger partial charge in [-0.3, -0.25) is 0 Å².